The van der Waals surface area contributed by atoms with Crippen LogP contribution in [0.1, 0.15) is 0 Å². The van der Waals surface area contributed by atoms with Gasteiger partial charge in [0.2, 0.25) is 0 Å². The molecule has 20 aromatic rings. The van der Waals surface area contributed by atoms with Crippen LogP contribution in [0.5, 0.6) is 0 Å². The highest BCUT2D eigenvalue weighted by molar-refractivity contribution is 6.28. The lowest BCUT2D eigenvalue weighted by atomic mass is 9.84. The highest BCUT2D eigenvalue weighted by atomic mass is 16.3. The van der Waals surface area contributed by atoms with E-state index in [0.717, 1.165) is 83.0 Å². The van der Waals surface area contributed by atoms with Gasteiger partial charge in [-0.25, -0.2) is 0 Å². The molecule has 0 aliphatic carbocycles. The van der Waals surface area contributed by atoms with Crippen molar-refractivity contribution in [2.24, 2.45) is 0 Å². The standard InChI is InChI=1S/C88H52N2O2/c1-2-20-57(21-3-1)89-76-36-15-12-22-60(76)73-50-54(42-47-78(73)89)83-62-24-4-6-26-64(62)84(65-27-7-5-25-63(65)83)56-44-49-82-75(52-56)70-34-18-33-59(88(70)92-82)53-40-45-58(46-41-53)90-77-37-16-13-32-71(77)87-72(35-19-38-79(87)90)86-68-30-10-8-28-66(68)85(67-29-9-11-31-69(67)86)55-43-48-81-74(51-55)61-23-14-17-39-80(61)91-81/h1-52H. The second-order valence-corrected chi connectivity index (χ2v) is 24.5. The van der Waals surface area contributed by atoms with E-state index in [9.17, 15) is 0 Å². The maximum absolute atomic E-state index is 6.96. The summed E-state index contributed by atoms with van der Waals surface area (Å²) in [5, 5.41) is 19.1. The Morgan fingerprint density at radius 1 is 0.196 bits per heavy atom. The summed E-state index contributed by atoms with van der Waals surface area (Å²) in [6, 6.07) is 116. The van der Waals surface area contributed by atoms with Crippen LogP contribution in [-0.4, -0.2) is 9.13 Å². The third-order valence-corrected chi connectivity index (χ3v) is 19.7. The van der Waals surface area contributed by atoms with Crippen LogP contribution >= 0.6 is 0 Å². The normalized spacial score (nSPS) is 12.1. The monoisotopic (exact) mass is 1170 g/mol. The quantitative estimate of drug-likeness (QED) is 0.149. The number of fused-ring (bicyclic) bond motifs is 16. The Morgan fingerprint density at radius 3 is 1.18 bits per heavy atom. The minimum Gasteiger partial charge on any atom is -0.456 e. The van der Waals surface area contributed by atoms with Crippen LogP contribution in [0, 0.1) is 0 Å². The Morgan fingerprint density at radius 2 is 0.576 bits per heavy atom. The Bertz CT molecular complexity index is 6380. The lowest BCUT2D eigenvalue weighted by Crippen LogP contribution is -1.94. The lowest BCUT2D eigenvalue weighted by Gasteiger charge is -2.18. The molecule has 0 spiro atoms. The Kier molecular flexibility index (Phi) is 10.8. The van der Waals surface area contributed by atoms with Crippen LogP contribution < -0.4 is 0 Å². The maximum atomic E-state index is 6.96. The van der Waals surface area contributed by atoms with Gasteiger partial charge in [-0.05, 0) is 178 Å². The van der Waals surface area contributed by atoms with Crippen LogP contribution in [0.25, 0.3) is 198 Å². The van der Waals surface area contributed by atoms with Crippen LogP contribution in [0.2, 0.25) is 0 Å². The van der Waals surface area contributed by atoms with Gasteiger partial charge in [-0.3, -0.25) is 0 Å². The van der Waals surface area contributed by atoms with E-state index in [1.54, 1.807) is 0 Å². The van der Waals surface area contributed by atoms with E-state index in [0.29, 0.717) is 0 Å². The number of rotatable bonds is 7. The number of nitrogens with zero attached hydrogens (tertiary/aromatic N) is 2. The fraction of sp³-hybridized carbons (Fsp3) is 0. The second-order valence-electron chi connectivity index (χ2n) is 24.5. The van der Waals surface area contributed by atoms with Crippen LogP contribution in [0.15, 0.2) is 324 Å². The van der Waals surface area contributed by atoms with E-state index in [2.05, 4.69) is 319 Å². The fourth-order valence-corrected chi connectivity index (χ4v) is 15.8. The van der Waals surface area contributed by atoms with Gasteiger partial charge >= 0.3 is 0 Å². The smallest absolute Gasteiger partial charge is 0.143 e. The summed E-state index contributed by atoms with van der Waals surface area (Å²) >= 11 is 0. The number of furan rings is 2. The molecule has 4 aromatic heterocycles. The zero-order valence-corrected chi connectivity index (χ0v) is 49.7. The van der Waals surface area contributed by atoms with Gasteiger partial charge in [-0.2, -0.15) is 0 Å². The van der Waals surface area contributed by atoms with Gasteiger partial charge in [-0.1, -0.05) is 231 Å². The molecule has 0 radical (unpaired) electrons. The summed E-state index contributed by atoms with van der Waals surface area (Å²) in [6.07, 6.45) is 0. The minimum absolute atomic E-state index is 0.863. The molecule has 0 amide bonds. The largest absolute Gasteiger partial charge is 0.456 e. The first kappa shape index (κ1) is 50.7. The van der Waals surface area contributed by atoms with Crippen molar-refractivity contribution in [2.45, 2.75) is 0 Å². The summed E-state index contributed by atoms with van der Waals surface area (Å²) in [5.74, 6) is 0. The number of hydrogen-bond donors (Lipinski definition) is 0. The average Bonchev–Trinajstić information content (AvgIpc) is 1.27. The highest BCUT2D eigenvalue weighted by Crippen LogP contribution is 2.50. The summed E-state index contributed by atoms with van der Waals surface area (Å²) in [6.45, 7) is 0. The third kappa shape index (κ3) is 7.34. The van der Waals surface area contributed by atoms with E-state index in [1.165, 1.54) is 115 Å². The second kappa shape index (κ2) is 19.6. The van der Waals surface area contributed by atoms with Gasteiger partial charge in [-0.15, -0.1) is 0 Å². The van der Waals surface area contributed by atoms with Gasteiger partial charge in [0, 0.05) is 60.0 Å². The number of benzene rings is 16. The molecule has 16 aromatic carbocycles. The summed E-state index contributed by atoms with van der Waals surface area (Å²) < 4.78 is 18.1. The third-order valence-electron chi connectivity index (χ3n) is 19.7. The Balaban J connectivity index is 0.694. The first-order chi connectivity index (χ1) is 45.7. The highest BCUT2D eigenvalue weighted by Gasteiger charge is 2.25. The first-order valence-corrected chi connectivity index (χ1v) is 31.6. The van der Waals surface area contributed by atoms with Crippen molar-refractivity contribution in [3.63, 3.8) is 0 Å². The van der Waals surface area contributed by atoms with Gasteiger partial charge < -0.3 is 18.0 Å². The van der Waals surface area contributed by atoms with Gasteiger partial charge in [0.05, 0.1) is 22.1 Å². The van der Waals surface area contributed by atoms with Crippen molar-refractivity contribution >= 4 is 131 Å². The van der Waals surface area contributed by atoms with Gasteiger partial charge in [0.25, 0.3) is 0 Å². The zero-order chi connectivity index (χ0) is 60.1. The summed E-state index contributed by atoms with van der Waals surface area (Å²) in [5.41, 5.74) is 22.3. The number of aromatic nitrogens is 2. The molecule has 4 nitrogen and oxygen atoms in total. The molecule has 0 aliphatic heterocycles. The molecule has 0 bridgehead atoms. The molecule has 0 N–H and O–H groups in total. The average molecular weight is 1170 g/mol. The number of para-hydroxylation sites is 5. The molecular formula is C88H52N2O2. The van der Waals surface area contributed by atoms with Crippen molar-refractivity contribution in [2.75, 3.05) is 0 Å². The molecule has 426 valence electrons. The zero-order valence-electron chi connectivity index (χ0n) is 49.7. The van der Waals surface area contributed by atoms with E-state index in [4.69, 9.17) is 8.83 Å². The molecule has 4 heteroatoms. The van der Waals surface area contributed by atoms with Crippen LogP contribution in [0.4, 0.5) is 0 Å². The molecule has 0 unspecified atom stereocenters. The SMILES string of the molecule is c1ccc(-n2c3ccccc3c3cc(-c4c5ccccc5c(-c5ccc6oc7c(-c8ccc(-n9c%10ccccc%10c%10c(-c%11c%12ccccc%12c(-c%12ccc%13oc%14ccccc%14c%13c%12)c%12ccccc%11%12)cccc%109)cc8)cccc7c6c5)c5ccccc45)ccc32)cc1. The van der Waals surface area contributed by atoms with Crippen molar-refractivity contribution < 1.29 is 8.83 Å². The Hall–Kier alpha value is -12.2. The summed E-state index contributed by atoms with van der Waals surface area (Å²) in [4.78, 5) is 0. The molecule has 0 saturated heterocycles. The van der Waals surface area contributed by atoms with Crippen molar-refractivity contribution in [1.29, 1.82) is 0 Å². The molecule has 0 saturated carbocycles. The maximum Gasteiger partial charge on any atom is 0.143 e. The molecule has 0 fully saturated rings. The summed E-state index contributed by atoms with van der Waals surface area (Å²) in [7, 11) is 0. The lowest BCUT2D eigenvalue weighted by molar-refractivity contribution is 0.669. The number of hydrogen-bond acceptors (Lipinski definition) is 2. The van der Waals surface area contributed by atoms with Crippen LogP contribution in [0.3, 0.4) is 0 Å². The van der Waals surface area contributed by atoms with Gasteiger partial charge in [0.1, 0.15) is 22.3 Å². The Labute approximate surface area is 527 Å². The van der Waals surface area contributed by atoms with Gasteiger partial charge in [0.15, 0.2) is 0 Å². The molecule has 4 heterocycles. The molecule has 20 rings (SSSR count). The first-order valence-electron chi connectivity index (χ1n) is 31.6. The van der Waals surface area contributed by atoms with Crippen LogP contribution in [-0.2, 0) is 0 Å². The van der Waals surface area contributed by atoms with Crippen molar-refractivity contribution in [3.8, 4) is 67.0 Å². The predicted molar refractivity (Wildman–Crippen MR) is 387 cm³/mol. The van der Waals surface area contributed by atoms with Crippen molar-refractivity contribution in [1.82, 2.24) is 9.13 Å². The van der Waals surface area contributed by atoms with E-state index >= 15 is 0 Å². The molecular weight excluding hydrogens is 1120 g/mol. The molecule has 0 aliphatic rings. The fourth-order valence-electron chi connectivity index (χ4n) is 15.8. The van der Waals surface area contributed by atoms with E-state index in [1.807, 2.05) is 6.07 Å². The molecule has 92 heavy (non-hydrogen) atoms. The van der Waals surface area contributed by atoms with E-state index in [-0.39, 0.29) is 0 Å². The van der Waals surface area contributed by atoms with E-state index < -0.39 is 0 Å². The predicted octanol–water partition coefficient (Wildman–Crippen LogP) is 24.6. The molecule has 0 atom stereocenters. The topological polar surface area (TPSA) is 36.1 Å². The van der Waals surface area contributed by atoms with Crippen molar-refractivity contribution in [3.05, 3.63) is 315 Å². The minimum atomic E-state index is 0.863.